The first-order valence-electron chi connectivity index (χ1n) is 14.8. The molecule has 0 spiro atoms. The van der Waals surface area contributed by atoms with Gasteiger partial charge in [0, 0.05) is 36.5 Å². The minimum absolute atomic E-state index is 1.06. The molecule has 0 fully saturated rings. The molecule has 0 aliphatic carbocycles. The number of nitrogens with zero attached hydrogens (tertiary/aromatic N) is 2. The molecule has 1 aromatic heterocycles. The molecule has 0 N–H and O–H groups in total. The number of rotatable bonds is 13. The molecule has 1 aliphatic heterocycles. The van der Waals surface area contributed by atoms with Gasteiger partial charge in [-0.3, -0.25) is 0 Å². The minimum Gasteiger partial charge on any atom is -0.341 e. The highest BCUT2D eigenvalue weighted by Crippen LogP contribution is 2.31. The topological polar surface area (TPSA) is 7.12 Å². The van der Waals surface area contributed by atoms with Gasteiger partial charge >= 0.3 is 0 Å². The van der Waals surface area contributed by atoms with Crippen molar-refractivity contribution in [1.82, 2.24) is 0 Å². The van der Waals surface area contributed by atoms with Crippen LogP contribution in [0.2, 0.25) is 0 Å². The average molecular weight is 506 g/mol. The van der Waals surface area contributed by atoms with Gasteiger partial charge in [0.15, 0.2) is 6.20 Å². The molecule has 0 saturated carbocycles. The van der Waals surface area contributed by atoms with Gasteiger partial charge in [-0.1, -0.05) is 101 Å². The fourth-order valence-electron chi connectivity index (χ4n) is 5.27. The first-order chi connectivity index (χ1) is 18.7. The zero-order valence-electron chi connectivity index (χ0n) is 23.7. The summed E-state index contributed by atoms with van der Waals surface area (Å²) in [6.45, 7) is 8.94. The Bertz CT molecular complexity index is 1310. The molecule has 198 valence electrons. The number of hydrogen-bond acceptors (Lipinski definition) is 1. The maximum Gasteiger partial charge on any atom is 0.213 e. The summed E-state index contributed by atoms with van der Waals surface area (Å²) >= 11 is 0. The summed E-state index contributed by atoms with van der Waals surface area (Å²) < 4.78 is 2.41. The summed E-state index contributed by atoms with van der Waals surface area (Å²) in [6.07, 6.45) is 25.7. The second-order valence-electron chi connectivity index (χ2n) is 10.4. The van der Waals surface area contributed by atoms with E-state index < -0.39 is 0 Å². The Morgan fingerprint density at radius 2 is 1.61 bits per heavy atom. The molecular formula is C36H45N2+. The van der Waals surface area contributed by atoms with Crippen molar-refractivity contribution in [1.29, 1.82) is 0 Å². The SMILES string of the molecule is CCCCCN1C(=CC=C(C=Cc2cc[n+](CCCCC)c3ccccc23)CCC)C=Cc2ccccc21. The summed E-state index contributed by atoms with van der Waals surface area (Å²) in [5, 5.41) is 1.32. The molecule has 2 nitrogen and oxygen atoms in total. The summed E-state index contributed by atoms with van der Waals surface area (Å²) in [5.74, 6) is 0. The highest BCUT2D eigenvalue weighted by molar-refractivity contribution is 5.85. The molecule has 0 atom stereocenters. The molecule has 0 unspecified atom stereocenters. The first kappa shape index (κ1) is 27.6. The minimum atomic E-state index is 1.06. The third kappa shape index (κ3) is 7.13. The van der Waals surface area contributed by atoms with E-state index in [1.54, 1.807) is 0 Å². The van der Waals surface area contributed by atoms with Gasteiger partial charge < -0.3 is 4.90 Å². The van der Waals surface area contributed by atoms with Gasteiger partial charge in [-0.25, -0.2) is 0 Å². The molecule has 2 heteroatoms. The van der Waals surface area contributed by atoms with Crippen molar-refractivity contribution in [2.45, 2.75) is 78.7 Å². The lowest BCUT2D eigenvalue weighted by Gasteiger charge is -2.30. The number of aromatic nitrogens is 1. The van der Waals surface area contributed by atoms with Crippen LogP contribution in [0.1, 0.15) is 83.3 Å². The van der Waals surface area contributed by atoms with Crippen LogP contribution in [0, 0.1) is 0 Å². The van der Waals surface area contributed by atoms with Crippen LogP contribution < -0.4 is 9.47 Å². The molecule has 0 saturated heterocycles. The van der Waals surface area contributed by atoms with Crippen LogP contribution in [-0.2, 0) is 6.54 Å². The molecule has 0 amide bonds. The van der Waals surface area contributed by atoms with Crippen molar-refractivity contribution in [2.24, 2.45) is 0 Å². The lowest BCUT2D eigenvalue weighted by Crippen LogP contribution is -2.34. The number of fused-ring (bicyclic) bond motifs is 2. The number of anilines is 1. The number of unbranched alkanes of at least 4 members (excludes halogenated alkanes) is 4. The highest BCUT2D eigenvalue weighted by atomic mass is 15.1. The summed E-state index contributed by atoms with van der Waals surface area (Å²) in [4.78, 5) is 2.50. The smallest absolute Gasteiger partial charge is 0.213 e. The monoisotopic (exact) mass is 505 g/mol. The third-order valence-electron chi connectivity index (χ3n) is 7.40. The number of aryl methyl sites for hydroxylation is 1. The predicted octanol–water partition coefficient (Wildman–Crippen LogP) is 9.66. The van der Waals surface area contributed by atoms with Crippen LogP contribution in [0.5, 0.6) is 0 Å². The van der Waals surface area contributed by atoms with Crippen molar-refractivity contribution in [3.05, 3.63) is 107 Å². The van der Waals surface area contributed by atoms with Gasteiger partial charge in [0.05, 0.1) is 5.39 Å². The molecule has 4 rings (SSSR count). The van der Waals surface area contributed by atoms with Crippen LogP contribution in [0.4, 0.5) is 5.69 Å². The van der Waals surface area contributed by atoms with Gasteiger partial charge in [0.1, 0.15) is 6.54 Å². The Morgan fingerprint density at radius 3 is 2.45 bits per heavy atom. The van der Waals surface area contributed by atoms with Crippen LogP contribution >= 0.6 is 0 Å². The van der Waals surface area contributed by atoms with Crippen LogP contribution in [0.25, 0.3) is 23.1 Å². The molecule has 0 radical (unpaired) electrons. The van der Waals surface area contributed by atoms with Crippen molar-refractivity contribution >= 4 is 28.7 Å². The summed E-state index contributed by atoms with van der Waals surface area (Å²) in [7, 11) is 0. The van der Waals surface area contributed by atoms with Crippen LogP contribution in [-0.4, -0.2) is 6.54 Å². The molecular weight excluding hydrogens is 460 g/mol. The average Bonchev–Trinajstić information content (AvgIpc) is 2.95. The van der Waals surface area contributed by atoms with Gasteiger partial charge in [-0.2, -0.15) is 4.57 Å². The number of para-hydroxylation sites is 2. The number of allylic oxidation sites excluding steroid dienone is 5. The number of benzene rings is 2. The Labute approximate surface area is 230 Å². The Balaban J connectivity index is 1.60. The van der Waals surface area contributed by atoms with E-state index in [0.717, 1.165) is 25.9 Å². The maximum atomic E-state index is 2.50. The van der Waals surface area contributed by atoms with Crippen LogP contribution in [0.3, 0.4) is 0 Å². The fourth-order valence-corrected chi connectivity index (χ4v) is 5.27. The van der Waals surface area contributed by atoms with E-state index in [1.807, 2.05) is 0 Å². The van der Waals surface area contributed by atoms with Crippen molar-refractivity contribution in [3.8, 4) is 0 Å². The van der Waals surface area contributed by atoms with Gasteiger partial charge in [-0.15, -0.1) is 0 Å². The number of hydrogen-bond donors (Lipinski definition) is 0. The van der Waals surface area contributed by atoms with Gasteiger partial charge in [-0.05, 0) is 60.2 Å². The molecule has 2 heterocycles. The van der Waals surface area contributed by atoms with E-state index in [4.69, 9.17) is 0 Å². The molecule has 0 bridgehead atoms. The van der Waals surface area contributed by atoms with Gasteiger partial charge in [0.2, 0.25) is 5.52 Å². The normalized spacial score (nSPS) is 14.7. The van der Waals surface area contributed by atoms with E-state index in [2.05, 4.69) is 127 Å². The van der Waals surface area contributed by atoms with E-state index in [-0.39, 0.29) is 0 Å². The van der Waals surface area contributed by atoms with Crippen molar-refractivity contribution in [2.75, 3.05) is 11.4 Å². The summed E-state index contributed by atoms with van der Waals surface area (Å²) in [6, 6.07) is 19.9. The largest absolute Gasteiger partial charge is 0.341 e. The summed E-state index contributed by atoms with van der Waals surface area (Å²) in [5.41, 5.74) is 7.88. The molecule has 1 aliphatic rings. The Morgan fingerprint density at radius 1 is 0.816 bits per heavy atom. The predicted molar refractivity (Wildman–Crippen MR) is 166 cm³/mol. The molecule has 38 heavy (non-hydrogen) atoms. The van der Waals surface area contributed by atoms with E-state index >= 15 is 0 Å². The number of pyridine rings is 1. The second kappa shape index (κ2) is 14.5. The van der Waals surface area contributed by atoms with Gasteiger partial charge in [0.25, 0.3) is 0 Å². The van der Waals surface area contributed by atoms with E-state index in [1.165, 1.54) is 77.5 Å². The Hall–Kier alpha value is -3.39. The van der Waals surface area contributed by atoms with Crippen LogP contribution in [0.15, 0.2) is 96.4 Å². The lowest BCUT2D eigenvalue weighted by molar-refractivity contribution is -0.671. The quantitative estimate of drug-likeness (QED) is 0.127. The van der Waals surface area contributed by atoms with Crippen molar-refractivity contribution < 1.29 is 4.57 Å². The Kier molecular flexibility index (Phi) is 10.6. The first-order valence-corrected chi connectivity index (χ1v) is 14.8. The third-order valence-corrected chi connectivity index (χ3v) is 7.40. The standard InChI is InChI=1S/C36H45N2/c1-4-7-13-27-37-29-26-31(34-17-10-12-19-36(34)37)22-20-30(15-6-3)21-24-33-25-23-32-16-9-11-18-35(32)38(33)28-14-8-5-2/h9-12,16-26,29H,4-8,13-15,27-28H2,1-3H3/q+1. The fraction of sp³-hybridized carbons (Fsp3) is 0.361. The van der Waals surface area contributed by atoms with E-state index in [0.29, 0.717) is 0 Å². The van der Waals surface area contributed by atoms with E-state index in [9.17, 15) is 0 Å². The molecule has 2 aromatic carbocycles. The maximum absolute atomic E-state index is 2.50. The zero-order chi connectivity index (χ0) is 26.6. The molecule has 3 aromatic rings. The highest BCUT2D eigenvalue weighted by Gasteiger charge is 2.16. The van der Waals surface area contributed by atoms with Crippen molar-refractivity contribution in [3.63, 3.8) is 0 Å². The lowest BCUT2D eigenvalue weighted by atomic mass is 10.0. The zero-order valence-corrected chi connectivity index (χ0v) is 23.7. The second-order valence-corrected chi connectivity index (χ2v) is 10.4.